The fraction of sp³-hybridized carbons (Fsp3) is 0.429. The molecule has 1 N–H and O–H groups in total. The molecule has 3 atom stereocenters. The summed E-state index contributed by atoms with van der Waals surface area (Å²) in [6, 6.07) is 3.90. The first kappa shape index (κ1) is 11.0. The molecular weight excluding hydrogens is 242 g/mol. The summed E-state index contributed by atoms with van der Waals surface area (Å²) < 4.78 is 5.23. The van der Waals surface area contributed by atoms with E-state index in [9.17, 15) is 4.79 Å². The van der Waals surface area contributed by atoms with Gasteiger partial charge in [-0.1, -0.05) is 0 Å². The van der Waals surface area contributed by atoms with Crippen LogP contribution in [-0.4, -0.2) is 41.5 Å². The second-order valence-electron chi connectivity index (χ2n) is 5.42. The molecule has 0 aliphatic carbocycles. The third-order valence-electron chi connectivity index (χ3n) is 4.22. The average Bonchev–Trinajstić information content (AvgIpc) is 3.13. The van der Waals surface area contributed by atoms with Gasteiger partial charge in [-0.25, -0.2) is 4.98 Å². The van der Waals surface area contributed by atoms with Gasteiger partial charge in [0.25, 0.3) is 5.91 Å². The zero-order chi connectivity index (χ0) is 12.8. The minimum Gasteiger partial charge on any atom is -0.463 e. The molecule has 2 saturated heterocycles. The fourth-order valence-electron chi connectivity index (χ4n) is 3.18. The molecule has 0 spiro atoms. The molecule has 1 amide bonds. The van der Waals surface area contributed by atoms with Gasteiger partial charge >= 0.3 is 0 Å². The number of pyridine rings is 1. The summed E-state index contributed by atoms with van der Waals surface area (Å²) in [4.78, 5) is 18.8. The molecule has 2 bridgehead atoms. The van der Waals surface area contributed by atoms with E-state index < -0.39 is 0 Å². The largest absolute Gasteiger partial charge is 0.463 e. The van der Waals surface area contributed by atoms with Gasteiger partial charge in [-0.3, -0.25) is 4.79 Å². The molecule has 2 unspecified atom stereocenters. The SMILES string of the molecule is O=C(N[C@@H]1CN2CCC1C2)c1cc2ccoc2cn1. The number of hydrogen-bond donors (Lipinski definition) is 1. The third-order valence-corrected chi connectivity index (χ3v) is 4.22. The Morgan fingerprint density at radius 2 is 2.42 bits per heavy atom. The van der Waals surface area contributed by atoms with Crippen LogP contribution in [0.25, 0.3) is 11.0 Å². The van der Waals surface area contributed by atoms with Gasteiger partial charge in [-0.2, -0.15) is 0 Å². The highest BCUT2D eigenvalue weighted by Gasteiger charge is 2.38. The Labute approximate surface area is 110 Å². The number of furan rings is 1. The molecular formula is C14H15N3O2. The molecule has 0 aromatic carbocycles. The van der Waals surface area contributed by atoms with Crippen LogP contribution >= 0.6 is 0 Å². The van der Waals surface area contributed by atoms with E-state index in [1.807, 2.05) is 6.07 Å². The summed E-state index contributed by atoms with van der Waals surface area (Å²) >= 11 is 0. The second kappa shape index (κ2) is 4.06. The van der Waals surface area contributed by atoms with E-state index in [1.165, 1.54) is 13.0 Å². The molecule has 2 fully saturated rings. The van der Waals surface area contributed by atoms with Crippen molar-refractivity contribution in [2.24, 2.45) is 5.92 Å². The zero-order valence-electron chi connectivity index (χ0n) is 10.5. The van der Waals surface area contributed by atoms with Gasteiger partial charge in [0.15, 0.2) is 5.58 Å². The number of rotatable bonds is 2. The van der Waals surface area contributed by atoms with Crippen molar-refractivity contribution in [1.82, 2.24) is 15.2 Å². The van der Waals surface area contributed by atoms with Crippen molar-refractivity contribution in [3.63, 3.8) is 0 Å². The lowest BCUT2D eigenvalue weighted by Gasteiger charge is -2.22. The Hall–Kier alpha value is -1.88. The summed E-state index contributed by atoms with van der Waals surface area (Å²) in [5, 5.41) is 4.02. The molecule has 19 heavy (non-hydrogen) atoms. The minimum atomic E-state index is -0.0816. The summed E-state index contributed by atoms with van der Waals surface area (Å²) in [5.74, 6) is 0.531. The smallest absolute Gasteiger partial charge is 0.270 e. The Kier molecular flexibility index (Phi) is 2.35. The minimum absolute atomic E-state index is 0.0816. The first-order chi connectivity index (χ1) is 9.29. The molecule has 2 aliphatic heterocycles. The van der Waals surface area contributed by atoms with Crippen LogP contribution in [0.15, 0.2) is 29.0 Å². The molecule has 2 aromatic rings. The lowest BCUT2D eigenvalue weighted by Crippen LogP contribution is -2.43. The number of piperidine rings is 1. The van der Waals surface area contributed by atoms with Crippen LogP contribution in [-0.2, 0) is 0 Å². The third kappa shape index (κ3) is 1.81. The van der Waals surface area contributed by atoms with Crippen molar-refractivity contribution >= 4 is 16.9 Å². The Bertz CT molecular complexity index is 636. The lowest BCUT2D eigenvalue weighted by molar-refractivity contribution is 0.0919. The van der Waals surface area contributed by atoms with Gasteiger partial charge in [0.1, 0.15) is 5.69 Å². The first-order valence-electron chi connectivity index (χ1n) is 6.66. The van der Waals surface area contributed by atoms with Crippen LogP contribution in [0, 0.1) is 5.92 Å². The van der Waals surface area contributed by atoms with Crippen LogP contribution in [0.3, 0.4) is 0 Å². The Morgan fingerprint density at radius 3 is 3.21 bits per heavy atom. The predicted molar refractivity (Wildman–Crippen MR) is 69.8 cm³/mol. The quantitative estimate of drug-likeness (QED) is 0.880. The van der Waals surface area contributed by atoms with Crippen molar-refractivity contribution in [2.45, 2.75) is 12.5 Å². The van der Waals surface area contributed by atoms with Gasteiger partial charge in [-0.05, 0) is 31.0 Å². The zero-order valence-corrected chi connectivity index (χ0v) is 10.5. The molecule has 98 valence electrons. The lowest BCUT2D eigenvalue weighted by atomic mass is 10.00. The molecule has 4 heterocycles. The van der Waals surface area contributed by atoms with Crippen LogP contribution in [0.5, 0.6) is 0 Å². The number of fused-ring (bicyclic) bond motifs is 3. The van der Waals surface area contributed by atoms with Gasteiger partial charge < -0.3 is 14.6 Å². The van der Waals surface area contributed by atoms with Crippen molar-refractivity contribution in [3.05, 3.63) is 30.3 Å². The van der Waals surface area contributed by atoms with E-state index in [0.29, 0.717) is 17.2 Å². The van der Waals surface area contributed by atoms with Gasteiger partial charge in [0.05, 0.1) is 12.5 Å². The number of aromatic nitrogens is 1. The van der Waals surface area contributed by atoms with E-state index in [-0.39, 0.29) is 11.9 Å². The summed E-state index contributed by atoms with van der Waals surface area (Å²) in [7, 11) is 0. The molecule has 4 rings (SSSR count). The van der Waals surface area contributed by atoms with Crippen molar-refractivity contribution in [1.29, 1.82) is 0 Å². The predicted octanol–water partition coefficient (Wildman–Crippen LogP) is 1.26. The van der Waals surface area contributed by atoms with Gasteiger partial charge in [0, 0.05) is 24.5 Å². The van der Waals surface area contributed by atoms with Gasteiger partial charge in [0.2, 0.25) is 0 Å². The molecule has 5 nitrogen and oxygen atoms in total. The fourth-order valence-corrected chi connectivity index (χ4v) is 3.18. The van der Waals surface area contributed by atoms with Crippen LogP contribution in [0.2, 0.25) is 0 Å². The number of nitrogens with one attached hydrogen (secondary N) is 1. The van der Waals surface area contributed by atoms with Crippen LogP contribution in [0.1, 0.15) is 16.9 Å². The Morgan fingerprint density at radius 1 is 1.47 bits per heavy atom. The molecule has 5 heteroatoms. The van der Waals surface area contributed by atoms with E-state index >= 15 is 0 Å². The maximum Gasteiger partial charge on any atom is 0.270 e. The van der Waals surface area contributed by atoms with Gasteiger partial charge in [-0.15, -0.1) is 0 Å². The van der Waals surface area contributed by atoms with E-state index in [0.717, 1.165) is 18.5 Å². The maximum atomic E-state index is 12.2. The standard InChI is InChI=1S/C14H15N3O2/c18-14(16-12-8-17-3-1-10(12)7-17)11-5-9-2-4-19-13(9)6-15-11/h2,4-6,10,12H,1,3,7-8H2,(H,16,18)/t10?,12-/m1/s1. The highest BCUT2D eigenvalue weighted by Crippen LogP contribution is 2.27. The molecule has 2 aromatic heterocycles. The number of nitrogens with zero attached hydrogens (tertiary/aromatic N) is 2. The number of carbonyl (C=O) groups is 1. The summed E-state index contributed by atoms with van der Waals surface area (Å²) in [6.45, 7) is 3.28. The van der Waals surface area contributed by atoms with Crippen LogP contribution < -0.4 is 5.32 Å². The number of amides is 1. The number of carbonyl (C=O) groups excluding carboxylic acids is 1. The maximum absolute atomic E-state index is 12.2. The van der Waals surface area contributed by atoms with Crippen molar-refractivity contribution in [2.75, 3.05) is 19.6 Å². The first-order valence-corrected chi connectivity index (χ1v) is 6.66. The summed E-state index contributed by atoms with van der Waals surface area (Å²) in [5.41, 5.74) is 1.18. The van der Waals surface area contributed by atoms with Crippen molar-refractivity contribution < 1.29 is 9.21 Å². The Balaban J connectivity index is 1.53. The average molecular weight is 257 g/mol. The van der Waals surface area contributed by atoms with E-state index in [2.05, 4.69) is 15.2 Å². The van der Waals surface area contributed by atoms with Crippen LogP contribution in [0.4, 0.5) is 0 Å². The molecule has 0 saturated carbocycles. The highest BCUT2D eigenvalue weighted by molar-refractivity contribution is 5.95. The second-order valence-corrected chi connectivity index (χ2v) is 5.42. The topological polar surface area (TPSA) is 58.4 Å². The highest BCUT2D eigenvalue weighted by atomic mass is 16.3. The van der Waals surface area contributed by atoms with E-state index in [1.54, 1.807) is 18.5 Å². The molecule has 2 aliphatic rings. The number of hydrogen-bond acceptors (Lipinski definition) is 4. The monoisotopic (exact) mass is 257 g/mol. The summed E-state index contributed by atoms with van der Waals surface area (Å²) in [6.07, 6.45) is 4.41. The van der Waals surface area contributed by atoms with E-state index in [4.69, 9.17) is 4.42 Å². The molecule has 0 radical (unpaired) electrons. The van der Waals surface area contributed by atoms with Crippen molar-refractivity contribution in [3.8, 4) is 0 Å². The normalized spacial score (nSPS) is 28.9.